The molecule has 0 saturated heterocycles. The first kappa shape index (κ1) is 11.4. The third-order valence-corrected chi connectivity index (χ3v) is 1.75. The molecule has 80 valence electrons. The number of ether oxygens (including phenoxy) is 1. The fourth-order valence-electron chi connectivity index (χ4n) is 1.04. The molecule has 0 bridgehead atoms. The molecule has 1 rings (SSSR count). The molecule has 4 nitrogen and oxygen atoms in total. The maximum atomic E-state index is 12.9. The first-order valence-electron chi connectivity index (χ1n) is 3.99. The molecule has 0 aliphatic heterocycles. The number of nitrogens with one attached hydrogen (secondary N) is 1. The van der Waals surface area contributed by atoms with E-state index in [1.54, 1.807) is 0 Å². The van der Waals surface area contributed by atoms with Crippen molar-refractivity contribution in [2.45, 2.75) is 0 Å². The van der Waals surface area contributed by atoms with Gasteiger partial charge in [0.2, 0.25) is 0 Å². The summed E-state index contributed by atoms with van der Waals surface area (Å²) in [6.45, 7) is 0. The number of rotatable bonds is 2. The Morgan fingerprint density at radius 1 is 1.60 bits per heavy atom. The summed E-state index contributed by atoms with van der Waals surface area (Å²) in [6, 6.07) is 3.56. The summed E-state index contributed by atoms with van der Waals surface area (Å²) < 4.78 is 17.4. The van der Waals surface area contributed by atoms with E-state index in [1.807, 2.05) is 0 Å². The second kappa shape index (κ2) is 4.70. The minimum atomic E-state index is -0.589. The largest absolute Gasteiger partial charge is 0.465 e. The predicted octanol–water partition coefficient (Wildman–Crippen LogP) is 1.27. The third kappa shape index (κ3) is 2.88. The molecule has 0 saturated carbocycles. The molecular formula is C9H9FN2O2S. The van der Waals surface area contributed by atoms with Gasteiger partial charge in [0.05, 0.1) is 18.4 Å². The fourth-order valence-corrected chi connectivity index (χ4v) is 1.15. The maximum absolute atomic E-state index is 12.9. The van der Waals surface area contributed by atoms with Crippen molar-refractivity contribution in [2.24, 2.45) is 5.73 Å². The van der Waals surface area contributed by atoms with E-state index in [4.69, 9.17) is 5.73 Å². The van der Waals surface area contributed by atoms with Crippen LogP contribution >= 0.6 is 12.2 Å². The fraction of sp³-hybridized carbons (Fsp3) is 0.111. The Morgan fingerprint density at radius 3 is 2.80 bits per heavy atom. The van der Waals surface area contributed by atoms with Gasteiger partial charge in [0, 0.05) is 0 Å². The van der Waals surface area contributed by atoms with Crippen LogP contribution in [0.25, 0.3) is 0 Å². The van der Waals surface area contributed by atoms with E-state index in [1.165, 1.54) is 13.2 Å². The monoisotopic (exact) mass is 228 g/mol. The van der Waals surface area contributed by atoms with Gasteiger partial charge in [-0.3, -0.25) is 0 Å². The quantitative estimate of drug-likeness (QED) is 0.589. The average Bonchev–Trinajstić information content (AvgIpc) is 2.16. The minimum absolute atomic E-state index is 0.0502. The molecule has 0 amide bonds. The summed E-state index contributed by atoms with van der Waals surface area (Å²) in [5.41, 5.74) is 5.59. The highest BCUT2D eigenvalue weighted by Gasteiger charge is 2.12. The van der Waals surface area contributed by atoms with Gasteiger partial charge in [0.25, 0.3) is 0 Å². The molecule has 0 spiro atoms. The van der Waals surface area contributed by atoms with E-state index in [0.717, 1.165) is 12.1 Å². The topological polar surface area (TPSA) is 64.3 Å². The van der Waals surface area contributed by atoms with Gasteiger partial charge in [0.15, 0.2) is 5.11 Å². The number of hydrogen-bond donors (Lipinski definition) is 2. The summed E-state index contributed by atoms with van der Waals surface area (Å²) >= 11 is 4.60. The Labute approximate surface area is 91.2 Å². The number of benzene rings is 1. The van der Waals surface area contributed by atoms with Gasteiger partial charge in [-0.1, -0.05) is 0 Å². The highest BCUT2D eigenvalue weighted by Crippen LogP contribution is 2.17. The molecule has 0 aliphatic rings. The maximum Gasteiger partial charge on any atom is 0.339 e. The van der Waals surface area contributed by atoms with Crippen LogP contribution in [0.2, 0.25) is 0 Å². The van der Waals surface area contributed by atoms with Crippen molar-refractivity contribution < 1.29 is 13.9 Å². The summed E-state index contributed by atoms with van der Waals surface area (Å²) in [7, 11) is 1.23. The van der Waals surface area contributed by atoms with Gasteiger partial charge in [-0.25, -0.2) is 9.18 Å². The van der Waals surface area contributed by atoms with Gasteiger partial charge in [-0.05, 0) is 30.4 Å². The molecule has 0 unspecified atom stereocenters. The standard InChI is InChI=1S/C9H9FN2O2S/c1-14-8(13)6-3-2-5(10)4-7(6)12-9(11)15/h2-4H,1H3,(H3,11,12,15). The third-order valence-electron chi connectivity index (χ3n) is 1.64. The highest BCUT2D eigenvalue weighted by atomic mass is 32.1. The van der Waals surface area contributed by atoms with Crippen molar-refractivity contribution in [3.63, 3.8) is 0 Å². The molecule has 1 aromatic carbocycles. The molecule has 0 aromatic heterocycles. The van der Waals surface area contributed by atoms with Crippen LogP contribution < -0.4 is 11.1 Å². The Hall–Kier alpha value is -1.69. The molecule has 6 heteroatoms. The molecule has 1 aromatic rings. The summed E-state index contributed by atoms with van der Waals surface area (Å²) in [5, 5.41) is 2.45. The summed E-state index contributed by atoms with van der Waals surface area (Å²) in [4.78, 5) is 11.3. The number of hydrogen-bond acceptors (Lipinski definition) is 3. The number of carbonyl (C=O) groups excluding carboxylic acids is 1. The zero-order chi connectivity index (χ0) is 11.4. The van der Waals surface area contributed by atoms with Crippen LogP contribution in [0.5, 0.6) is 0 Å². The van der Waals surface area contributed by atoms with Crippen LogP contribution in [0, 0.1) is 5.82 Å². The second-order valence-electron chi connectivity index (χ2n) is 2.67. The smallest absolute Gasteiger partial charge is 0.339 e. The lowest BCUT2D eigenvalue weighted by Crippen LogP contribution is -2.21. The minimum Gasteiger partial charge on any atom is -0.465 e. The SMILES string of the molecule is COC(=O)c1ccc(F)cc1NC(N)=S. The van der Waals surface area contributed by atoms with Crippen molar-refractivity contribution >= 4 is 29.0 Å². The lowest BCUT2D eigenvalue weighted by molar-refractivity contribution is 0.0602. The first-order chi connectivity index (χ1) is 7.04. The molecule has 15 heavy (non-hydrogen) atoms. The van der Waals surface area contributed by atoms with E-state index in [9.17, 15) is 9.18 Å². The summed E-state index contributed by atoms with van der Waals surface area (Å²) in [5.74, 6) is -1.09. The van der Waals surface area contributed by atoms with E-state index >= 15 is 0 Å². The Kier molecular flexibility index (Phi) is 3.56. The normalized spacial score (nSPS) is 9.47. The Balaban J connectivity index is 3.13. The van der Waals surface area contributed by atoms with Crippen molar-refractivity contribution in [2.75, 3.05) is 12.4 Å². The highest BCUT2D eigenvalue weighted by molar-refractivity contribution is 7.80. The molecule has 0 fully saturated rings. The van der Waals surface area contributed by atoms with Crippen molar-refractivity contribution in [3.05, 3.63) is 29.6 Å². The van der Waals surface area contributed by atoms with Gasteiger partial charge in [-0.15, -0.1) is 0 Å². The average molecular weight is 228 g/mol. The van der Waals surface area contributed by atoms with E-state index in [2.05, 4.69) is 22.3 Å². The predicted molar refractivity (Wildman–Crippen MR) is 58.1 cm³/mol. The van der Waals surface area contributed by atoms with Gasteiger partial charge >= 0.3 is 5.97 Å². The number of methoxy groups -OCH3 is 1. The summed E-state index contributed by atoms with van der Waals surface area (Å²) in [6.07, 6.45) is 0. The lowest BCUT2D eigenvalue weighted by atomic mass is 10.2. The van der Waals surface area contributed by atoms with Crippen LogP contribution in [0.4, 0.5) is 10.1 Å². The molecule has 0 aliphatic carbocycles. The molecule has 0 atom stereocenters. The number of carbonyl (C=O) groups is 1. The Bertz CT molecular complexity index is 409. The van der Waals surface area contributed by atoms with Crippen LogP contribution in [-0.4, -0.2) is 18.2 Å². The number of thiocarbonyl (C=S) groups is 1. The van der Waals surface area contributed by atoms with Gasteiger partial charge < -0.3 is 15.8 Å². The van der Waals surface area contributed by atoms with E-state index < -0.39 is 11.8 Å². The zero-order valence-electron chi connectivity index (χ0n) is 7.91. The van der Waals surface area contributed by atoms with Crippen LogP contribution in [-0.2, 0) is 4.74 Å². The van der Waals surface area contributed by atoms with Crippen molar-refractivity contribution in [1.82, 2.24) is 0 Å². The molecule has 0 heterocycles. The second-order valence-corrected chi connectivity index (χ2v) is 3.11. The molecule has 0 radical (unpaired) electrons. The zero-order valence-corrected chi connectivity index (χ0v) is 8.73. The van der Waals surface area contributed by atoms with Gasteiger partial charge in [0.1, 0.15) is 5.82 Å². The van der Waals surface area contributed by atoms with Crippen LogP contribution in [0.1, 0.15) is 10.4 Å². The Morgan fingerprint density at radius 2 is 2.27 bits per heavy atom. The van der Waals surface area contributed by atoms with Crippen molar-refractivity contribution in [3.8, 4) is 0 Å². The molecular weight excluding hydrogens is 219 g/mol. The number of halogens is 1. The van der Waals surface area contributed by atoms with Crippen molar-refractivity contribution in [1.29, 1.82) is 0 Å². The van der Waals surface area contributed by atoms with Crippen LogP contribution in [0.15, 0.2) is 18.2 Å². The van der Waals surface area contributed by atoms with Crippen LogP contribution in [0.3, 0.4) is 0 Å². The van der Waals surface area contributed by atoms with Gasteiger partial charge in [-0.2, -0.15) is 0 Å². The number of anilines is 1. The van der Waals surface area contributed by atoms with E-state index in [-0.39, 0.29) is 16.4 Å². The lowest BCUT2D eigenvalue weighted by Gasteiger charge is -2.08. The number of nitrogens with two attached hydrogens (primary N) is 1. The molecule has 3 N–H and O–H groups in total. The first-order valence-corrected chi connectivity index (χ1v) is 4.39. The number of esters is 1. The van der Waals surface area contributed by atoms with E-state index in [0.29, 0.717) is 0 Å².